The van der Waals surface area contributed by atoms with E-state index in [1.54, 1.807) is 0 Å². The molecule has 0 bridgehead atoms. The van der Waals surface area contributed by atoms with Crippen LogP contribution in [0.25, 0.3) is 0 Å². The molecule has 2 atom stereocenters. The molecule has 0 spiro atoms. The van der Waals surface area contributed by atoms with Gasteiger partial charge < -0.3 is 15.7 Å². The molecule has 3 N–H and O–H groups in total. The van der Waals surface area contributed by atoms with Gasteiger partial charge in [-0.05, 0) is 24.1 Å². The lowest BCUT2D eigenvalue weighted by atomic mass is 10.1. The predicted octanol–water partition coefficient (Wildman–Crippen LogP) is 1.47. The largest absolute Gasteiger partial charge is 0.416 e. The van der Waals surface area contributed by atoms with Crippen molar-refractivity contribution in [3.63, 3.8) is 0 Å². The Morgan fingerprint density at radius 3 is 2.43 bits per heavy atom. The molecule has 0 aromatic heterocycles. The van der Waals surface area contributed by atoms with Crippen LogP contribution in [0.3, 0.4) is 0 Å². The van der Waals surface area contributed by atoms with Crippen molar-refractivity contribution in [1.29, 1.82) is 0 Å². The van der Waals surface area contributed by atoms with Gasteiger partial charge in [-0.15, -0.1) is 12.4 Å². The summed E-state index contributed by atoms with van der Waals surface area (Å²) in [7, 11) is 0. The molecule has 2 rings (SSSR count). The van der Waals surface area contributed by atoms with Crippen molar-refractivity contribution in [2.45, 2.75) is 31.3 Å². The number of β-amino-alcohol motifs (C(OH)–C–C–N with tert-alkyl or cyclic N) is 1. The number of aliphatic hydroxyl groups excluding tert-OH is 1. The van der Waals surface area contributed by atoms with Crippen LogP contribution in [-0.2, 0) is 17.5 Å². The summed E-state index contributed by atoms with van der Waals surface area (Å²) >= 11 is 0. The van der Waals surface area contributed by atoms with E-state index in [0.717, 1.165) is 12.1 Å². The van der Waals surface area contributed by atoms with Crippen molar-refractivity contribution in [1.82, 2.24) is 10.6 Å². The molecule has 0 aliphatic carbocycles. The Kier molecular flexibility index (Phi) is 6.00. The van der Waals surface area contributed by atoms with E-state index in [2.05, 4.69) is 10.6 Å². The summed E-state index contributed by atoms with van der Waals surface area (Å²) in [5.74, 6) is -0.263. The lowest BCUT2D eigenvalue weighted by molar-refractivity contribution is -0.137. The Bertz CT molecular complexity index is 479. The molecule has 21 heavy (non-hydrogen) atoms. The zero-order valence-electron chi connectivity index (χ0n) is 11.0. The van der Waals surface area contributed by atoms with Crippen molar-refractivity contribution < 1.29 is 23.1 Å². The number of carbonyl (C=O) groups excluding carboxylic acids is 1. The third-order valence-corrected chi connectivity index (χ3v) is 3.17. The number of hydrogen-bond donors (Lipinski definition) is 3. The highest BCUT2D eigenvalue weighted by molar-refractivity contribution is 5.85. The number of aliphatic hydroxyl groups is 1. The van der Waals surface area contributed by atoms with E-state index in [4.69, 9.17) is 0 Å². The predicted molar refractivity (Wildman–Crippen MR) is 73.0 cm³/mol. The zero-order valence-corrected chi connectivity index (χ0v) is 11.8. The van der Waals surface area contributed by atoms with E-state index >= 15 is 0 Å². The van der Waals surface area contributed by atoms with Crippen LogP contribution in [0.4, 0.5) is 13.2 Å². The van der Waals surface area contributed by atoms with Gasteiger partial charge in [-0.3, -0.25) is 4.79 Å². The molecule has 118 valence electrons. The van der Waals surface area contributed by atoms with Gasteiger partial charge in [-0.1, -0.05) is 12.1 Å². The molecule has 0 radical (unpaired) electrons. The average molecular weight is 325 g/mol. The van der Waals surface area contributed by atoms with E-state index in [-0.39, 0.29) is 24.9 Å². The van der Waals surface area contributed by atoms with Crippen LogP contribution >= 0.6 is 12.4 Å². The quantitative estimate of drug-likeness (QED) is 0.789. The Hall–Kier alpha value is -1.31. The lowest BCUT2D eigenvalue weighted by Gasteiger charge is -2.12. The topological polar surface area (TPSA) is 61.4 Å². The standard InChI is InChI=1S/C13H15F3N2O2.ClH/c14-13(15,16)9-3-1-8(2-4-9)6-18-12(20)11-5-10(19)7-17-11;/h1-4,10-11,17,19H,5-7H2,(H,18,20);1H. The fourth-order valence-electron chi connectivity index (χ4n) is 2.04. The Balaban J connectivity index is 0.00000220. The van der Waals surface area contributed by atoms with Gasteiger partial charge in [0.2, 0.25) is 5.91 Å². The average Bonchev–Trinajstić information content (AvgIpc) is 2.82. The fourth-order valence-corrected chi connectivity index (χ4v) is 2.04. The normalized spacial score (nSPS) is 21.7. The minimum absolute atomic E-state index is 0. The number of amides is 1. The monoisotopic (exact) mass is 324 g/mol. The first-order chi connectivity index (χ1) is 9.36. The summed E-state index contributed by atoms with van der Waals surface area (Å²) in [6.45, 7) is 0.531. The highest BCUT2D eigenvalue weighted by atomic mass is 35.5. The molecule has 1 aliphatic rings. The third kappa shape index (κ3) is 4.87. The van der Waals surface area contributed by atoms with E-state index in [1.807, 2.05) is 0 Å². The minimum atomic E-state index is -4.36. The SMILES string of the molecule is Cl.O=C(NCc1ccc(C(F)(F)F)cc1)C1CC(O)CN1. The third-order valence-electron chi connectivity index (χ3n) is 3.17. The second kappa shape index (κ2) is 7.11. The molecule has 8 heteroatoms. The van der Waals surface area contributed by atoms with Crippen LogP contribution in [0.15, 0.2) is 24.3 Å². The molecule has 1 fully saturated rings. The van der Waals surface area contributed by atoms with Crippen LogP contribution < -0.4 is 10.6 Å². The molecule has 4 nitrogen and oxygen atoms in total. The van der Waals surface area contributed by atoms with Crippen LogP contribution in [0.2, 0.25) is 0 Å². The second-order valence-electron chi connectivity index (χ2n) is 4.76. The van der Waals surface area contributed by atoms with Gasteiger partial charge in [-0.25, -0.2) is 0 Å². The highest BCUT2D eigenvalue weighted by Gasteiger charge is 2.30. The number of alkyl halides is 3. The summed E-state index contributed by atoms with van der Waals surface area (Å²) in [5, 5.41) is 14.8. The van der Waals surface area contributed by atoms with Gasteiger partial charge in [0.15, 0.2) is 0 Å². The van der Waals surface area contributed by atoms with Crippen molar-refractivity contribution >= 4 is 18.3 Å². The number of rotatable bonds is 3. The van der Waals surface area contributed by atoms with Crippen molar-refractivity contribution in [2.24, 2.45) is 0 Å². The summed E-state index contributed by atoms with van der Waals surface area (Å²) in [6, 6.07) is 4.19. The molecule has 1 saturated heterocycles. The maximum absolute atomic E-state index is 12.4. The van der Waals surface area contributed by atoms with Crippen molar-refractivity contribution in [3.8, 4) is 0 Å². The highest BCUT2D eigenvalue weighted by Crippen LogP contribution is 2.29. The molecule has 1 amide bonds. The summed E-state index contributed by atoms with van der Waals surface area (Å²) < 4.78 is 37.1. The fraction of sp³-hybridized carbons (Fsp3) is 0.462. The first-order valence-corrected chi connectivity index (χ1v) is 6.21. The number of hydrogen-bond acceptors (Lipinski definition) is 3. The molecule has 2 unspecified atom stereocenters. The van der Waals surface area contributed by atoms with Crippen molar-refractivity contribution in [3.05, 3.63) is 35.4 Å². The van der Waals surface area contributed by atoms with Gasteiger partial charge >= 0.3 is 6.18 Å². The van der Waals surface area contributed by atoms with Crippen LogP contribution in [0.1, 0.15) is 17.5 Å². The minimum Gasteiger partial charge on any atom is -0.392 e. The van der Waals surface area contributed by atoms with E-state index in [1.165, 1.54) is 12.1 Å². The van der Waals surface area contributed by atoms with E-state index in [0.29, 0.717) is 18.5 Å². The molecule has 1 aliphatic heterocycles. The van der Waals surface area contributed by atoms with Crippen LogP contribution in [0.5, 0.6) is 0 Å². The smallest absolute Gasteiger partial charge is 0.392 e. The lowest BCUT2D eigenvalue weighted by Crippen LogP contribution is -2.40. The molecule has 1 heterocycles. The van der Waals surface area contributed by atoms with Gasteiger partial charge in [0, 0.05) is 13.1 Å². The van der Waals surface area contributed by atoms with Gasteiger partial charge in [0.05, 0.1) is 17.7 Å². The second-order valence-corrected chi connectivity index (χ2v) is 4.76. The molecule has 1 aromatic rings. The molecular formula is C13H16ClF3N2O2. The Morgan fingerprint density at radius 1 is 1.33 bits per heavy atom. The first kappa shape index (κ1) is 17.7. The number of carbonyl (C=O) groups is 1. The summed E-state index contributed by atoms with van der Waals surface area (Å²) in [4.78, 5) is 11.7. The maximum Gasteiger partial charge on any atom is 0.416 e. The zero-order chi connectivity index (χ0) is 14.8. The van der Waals surface area contributed by atoms with Crippen LogP contribution in [0, 0.1) is 0 Å². The van der Waals surface area contributed by atoms with Crippen LogP contribution in [-0.4, -0.2) is 29.7 Å². The number of benzene rings is 1. The van der Waals surface area contributed by atoms with Gasteiger partial charge in [-0.2, -0.15) is 13.2 Å². The van der Waals surface area contributed by atoms with Gasteiger partial charge in [0.1, 0.15) is 0 Å². The Labute approximate surface area is 126 Å². The van der Waals surface area contributed by atoms with Crippen molar-refractivity contribution in [2.75, 3.05) is 6.54 Å². The molecule has 0 saturated carbocycles. The molecular weight excluding hydrogens is 309 g/mol. The first-order valence-electron chi connectivity index (χ1n) is 6.21. The summed E-state index contributed by atoms with van der Waals surface area (Å²) in [5.41, 5.74) is -0.127. The number of nitrogens with one attached hydrogen (secondary N) is 2. The van der Waals surface area contributed by atoms with Gasteiger partial charge in [0.25, 0.3) is 0 Å². The molecule has 1 aromatic carbocycles. The summed E-state index contributed by atoms with van der Waals surface area (Å²) in [6.07, 6.45) is -4.54. The van der Waals surface area contributed by atoms with E-state index < -0.39 is 23.9 Å². The van der Waals surface area contributed by atoms with E-state index in [9.17, 15) is 23.1 Å². The Morgan fingerprint density at radius 2 is 1.95 bits per heavy atom. The maximum atomic E-state index is 12.4. The number of halogens is 4.